The van der Waals surface area contributed by atoms with E-state index >= 15 is 0 Å². The molecule has 0 N–H and O–H groups in total. The van der Waals surface area contributed by atoms with Crippen molar-refractivity contribution in [1.82, 2.24) is 9.97 Å². The van der Waals surface area contributed by atoms with Gasteiger partial charge in [-0.15, -0.1) is 0 Å². The lowest BCUT2D eigenvalue weighted by molar-refractivity contribution is 0.470. The van der Waals surface area contributed by atoms with Gasteiger partial charge in [0.2, 0.25) is 0 Å². The molecule has 14 heavy (non-hydrogen) atoms. The molecule has 0 saturated heterocycles. The van der Waals surface area contributed by atoms with Gasteiger partial charge in [0.1, 0.15) is 10.3 Å². The third-order valence-electron chi connectivity index (χ3n) is 1.23. The Balaban J connectivity index is 3.14. The van der Waals surface area contributed by atoms with Crippen LogP contribution in [0.25, 0.3) is 0 Å². The molecule has 0 bridgehead atoms. The molecule has 0 atom stereocenters. The summed E-state index contributed by atoms with van der Waals surface area (Å²) in [5, 5.41) is 0.118. The molecule has 0 fully saturated rings. The molecule has 8 heteroatoms. The highest BCUT2D eigenvalue weighted by molar-refractivity contribution is 7.86. The average Bonchev–Trinajstić information content (AvgIpc) is 1.96. The van der Waals surface area contributed by atoms with E-state index in [1.807, 2.05) is 0 Å². The van der Waals surface area contributed by atoms with Crippen molar-refractivity contribution in [2.75, 3.05) is 6.26 Å². The van der Waals surface area contributed by atoms with Crippen LogP contribution in [-0.4, -0.2) is 24.6 Å². The standard InChI is InChI=1S/C6H6Cl2N2O3S/c1-3-4(7)9-6(10-5(3)8)13-14(2,11)12/h1-2H3. The van der Waals surface area contributed by atoms with Crippen molar-refractivity contribution in [3.05, 3.63) is 15.9 Å². The molecule has 0 unspecified atom stereocenters. The van der Waals surface area contributed by atoms with Gasteiger partial charge in [0.15, 0.2) is 0 Å². The van der Waals surface area contributed by atoms with Crippen LogP contribution >= 0.6 is 23.2 Å². The first-order chi connectivity index (χ1) is 6.29. The summed E-state index contributed by atoms with van der Waals surface area (Å²) in [6.07, 6.45) is 0.873. The molecule has 0 amide bonds. The molecule has 0 saturated carbocycles. The lowest BCUT2D eigenvalue weighted by Gasteiger charge is -2.03. The summed E-state index contributed by atoms with van der Waals surface area (Å²) in [6, 6.07) is -0.381. The van der Waals surface area contributed by atoms with E-state index in [1.165, 1.54) is 0 Å². The zero-order valence-corrected chi connectivity index (χ0v) is 9.61. The molecule has 1 heterocycles. The van der Waals surface area contributed by atoms with Gasteiger partial charge in [-0.2, -0.15) is 18.4 Å². The minimum Gasteiger partial charge on any atom is -0.343 e. The predicted octanol–water partition coefficient (Wildman–Crippen LogP) is 1.43. The van der Waals surface area contributed by atoms with Crippen molar-refractivity contribution >= 4 is 33.3 Å². The zero-order valence-electron chi connectivity index (χ0n) is 7.28. The highest BCUT2D eigenvalue weighted by atomic mass is 35.5. The van der Waals surface area contributed by atoms with Crippen molar-refractivity contribution in [1.29, 1.82) is 0 Å². The highest BCUT2D eigenvalue weighted by Crippen LogP contribution is 2.22. The molecule has 0 aliphatic heterocycles. The Labute approximate surface area is 91.2 Å². The fourth-order valence-corrected chi connectivity index (χ4v) is 1.34. The number of hydrogen-bond acceptors (Lipinski definition) is 5. The number of nitrogens with zero attached hydrogens (tertiary/aromatic N) is 2. The fourth-order valence-electron chi connectivity index (χ4n) is 0.618. The van der Waals surface area contributed by atoms with Crippen LogP contribution in [0.15, 0.2) is 0 Å². The molecule has 1 aromatic rings. The van der Waals surface area contributed by atoms with Crippen LogP contribution in [-0.2, 0) is 10.1 Å². The summed E-state index contributed by atoms with van der Waals surface area (Å²) in [5.41, 5.74) is 0.467. The highest BCUT2D eigenvalue weighted by Gasteiger charge is 2.12. The molecule has 78 valence electrons. The summed E-state index contributed by atoms with van der Waals surface area (Å²) < 4.78 is 25.8. The van der Waals surface area contributed by atoms with E-state index in [-0.39, 0.29) is 16.3 Å². The van der Waals surface area contributed by atoms with Crippen molar-refractivity contribution in [3.63, 3.8) is 0 Å². The summed E-state index contributed by atoms with van der Waals surface area (Å²) in [6.45, 7) is 1.61. The molecule has 0 aliphatic rings. The van der Waals surface area contributed by atoms with Crippen molar-refractivity contribution < 1.29 is 12.6 Å². The van der Waals surface area contributed by atoms with Crippen LogP contribution in [0.3, 0.4) is 0 Å². The van der Waals surface area contributed by atoms with Crippen LogP contribution in [0.2, 0.25) is 10.3 Å². The first-order valence-corrected chi connectivity index (χ1v) is 5.96. The second-order valence-electron chi connectivity index (χ2n) is 2.50. The van der Waals surface area contributed by atoms with Crippen molar-refractivity contribution in [2.24, 2.45) is 0 Å². The third-order valence-corrected chi connectivity index (χ3v) is 2.42. The van der Waals surface area contributed by atoms with E-state index in [0.717, 1.165) is 6.26 Å². The van der Waals surface area contributed by atoms with Crippen LogP contribution in [0.5, 0.6) is 6.01 Å². The lowest BCUT2D eigenvalue weighted by Crippen LogP contribution is -2.09. The molecule has 0 aromatic carbocycles. The van der Waals surface area contributed by atoms with Gasteiger partial charge >= 0.3 is 16.1 Å². The second kappa shape index (κ2) is 3.88. The van der Waals surface area contributed by atoms with Gasteiger partial charge < -0.3 is 4.18 Å². The Morgan fingerprint density at radius 3 is 2.00 bits per heavy atom. The molecule has 1 rings (SSSR count). The van der Waals surface area contributed by atoms with E-state index in [4.69, 9.17) is 23.2 Å². The number of rotatable bonds is 2. The summed E-state index contributed by atoms with van der Waals surface area (Å²) in [7, 11) is -3.67. The molecule has 0 aliphatic carbocycles. The Bertz CT molecular complexity index is 437. The zero-order chi connectivity index (χ0) is 10.9. The molecule has 5 nitrogen and oxygen atoms in total. The van der Waals surface area contributed by atoms with E-state index < -0.39 is 10.1 Å². The van der Waals surface area contributed by atoms with Gasteiger partial charge in [-0.05, 0) is 6.92 Å². The number of hydrogen-bond donors (Lipinski definition) is 0. The predicted molar refractivity (Wildman–Crippen MR) is 52.3 cm³/mol. The Kier molecular flexibility index (Phi) is 3.18. The molecule has 0 radical (unpaired) electrons. The van der Waals surface area contributed by atoms with E-state index in [0.29, 0.717) is 5.56 Å². The third kappa shape index (κ3) is 2.97. The van der Waals surface area contributed by atoms with E-state index in [1.54, 1.807) is 6.92 Å². The van der Waals surface area contributed by atoms with Crippen LogP contribution in [0.1, 0.15) is 5.56 Å². The average molecular weight is 257 g/mol. The maximum absolute atomic E-state index is 10.7. The van der Waals surface area contributed by atoms with Gasteiger partial charge in [-0.1, -0.05) is 23.2 Å². The first kappa shape index (κ1) is 11.5. The molecule has 1 aromatic heterocycles. The lowest BCUT2D eigenvalue weighted by atomic mass is 10.4. The maximum atomic E-state index is 10.7. The van der Waals surface area contributed by atoms with Crippen LogP contribution < -0.4 is 4.18 Å². The normalized spacial score (nSPS) is 11.4. The smallest absolute Gasteiger partial charge is 0.335 e. The van der Waals surface area contributed by atoms with Gasteiger partial charge in [0.05, 0.1) is 6.26 Å². The van der Waals surface area contributed by atoms with Crippen LogP contribution in [0, 0.1) is 6.92 Å². The second-order valence-corrected chi connectivity index (χ2v) is 4.79. The van der Waals surface area contributed by atoms with Crippen LogP contribution in [0.4, 0.5) is 0 Å². The SMILES string of the molecule is Cc1c(Cl)nc(OS(C)(=O)=O)nc1Cl. The van der Waals surface area contributed by atoms with Gasteiger partial charge in [-0.25, -0.2) is 0 Å². The van der Waals surface area contributed by atoms with Gasteiger partial charge in [-0.3, -0.25) is 0 Å². The Morgan fingerprint density at radius 2 is 1.64 bits per heavy atom. The van der Waals surface area contributed by atoms with Crippen molar-refractivity contribution in [2.45, 2.75) is 6.92 Å². The molecule has 0 spiro atoms. The number of aromatic nitrogens is 2. The van der Waals surface area contributed by atoms with Gasteiger partial charge in [0.25, 0.3) is 0 Å². The summed E-state index contributed by atoms with van der Waals surface area (Å²) >= 11 is 11.3. The van der Waals surface area contributed by atoms with Crippen molar-refractivity contribution in [3.8, 4) is 6.01 Å². The minimum atomic E-state index is -3.67. The van der Waals surface area contributed by atoms with E-state index in [2.05, 4.69) is 14.2 Å². The number of halogens is 2. The molecular weight excluding hydrogens is 251 g/mol. The summed E-state index contributed by atoms with van der Waals surface area (Å²) in [4.78, 5) is 7.17. The fraction of sp³-hybridized carbons (Fsp3) is 0.333. The monoisotopic (exact) mass is 256 g/mol. The first-order valence-electron chi connectivity index (χ1n) is 3.38. The maximum Gasteiger partial charge on any atom is 0.335 e. The topological polar surface area (TPSA) is 69.2 Å². The summed E-state index contributed by atoms with van der Waals surface area (Å²) in [5.74, 6) is 0. The Morgan fingerprint density at radius 1 is 1.21 bits per heavy atom. The molecular formula is C6H6Cl2N2O3S. The largest absolute Gasteiger partial charge is 0.343 e. The quantitative estimate of drug-likeness (QED) is 0.592. The Hall–Kier alpha value is -0.590. The minimum absolute atomic E-state index is 0.0589. The van der Waals surface area contributed by atoms with E-state index in [9.17, 15) is 8.42 Å². The van der Waals surface area contributed by atoms with Gasteiger partial charge in [0, 0.05) is 5.56 Å².